The molecule has 1 saturated heterocycles. The second-order valence-corrected chi connectivity index (χ2v) is 7.33. The van der Waals surface area contributed by atoms with Crippen molar-refractivity contribution >= 4 is 28.9 Å². The minimum atomic E-state index is -0.318. The first kappa shape index (κ1) is 17.2. The van der Waals surface area contributed by atoms with Crippen LogP contribution in [0.15, 0.2) is 59.7 Å². The van der Waals surface area contributed by atoms with Gasteiger partial charge in [0.1, 0.15) is 11.5 Å². The van der Waals surface area contributed by atoms with Crippen molar-refractivity contribution in [1.82, 2.24) is 15.5 Å². The van der Waals surface area contributed by atoms with Crippen molar-refractivity contribution < 1.29 is 9.53 Å². The Hall–Kier alpha value is -2.96. The summed E-state index contributed by atoms with van der Waals surface area (Å²) < 4.78 is 6.17. The van der Waals surface area contributed by atoms with Crippen molar-refractivity contribution in [2.45, 2.75) is 5.92 Å². The normalized spacial score (nSPS) is 20.9. The molecule has 7 heteroatoms. The Morgan fingerprint density at radius 3 is 2.68 bits per heavy atom. The molecule has 0 amide bonds. The van der Waals surface area contributed by atoms with E-state index in [1.807, 2.05) is 36.4 Å². The van der Waals surface area contributed by atoms with Crippen LogP contribution in [0.4, 0.5) is 5.82 Å². The summed E-state index contributed by atoms with van der Waals surface area (Å²) in [5.74, 6) is 1.71. The highest BCUT2D eigenvalue weighted by molar-refractivity contribution is 6.30. The molecular weight excluding hydrogens is 376 g/mol. The summed E-state index contributed by atoms with van der Waals surface area (Å²) in [4.78, 5) is 17.5. The number of hydrogen-bond donors (Lipinski definition) is 2. The van der Waals surface area contributed by atoms with Crippen LogP contribution in [0.5, 0.6) is 11.5 Å². The van der Waals surface area contributed by atoms with Crippen LogP contribution in [0.25, 0.3) is 0 Å². The zero-order valence-electron chi connectivity index (χ0n) is 14.9. The van der Waals surface area contributed by atoms with E-state index < -0.39 is 0 Å². The summed E-state index contributed by atoms with van der Waals surface area (Å²) in [5.41, 5.74) is 2.68. The number of nitrogens with zero attached hydrogens (tertiary/aromatic N) is 2. The molecule has 2 aliphatic rings. The summed E-state index contributed by atoms with van der Waals surface area (Å²) in [6.45, 7) is 0.930. The van der Waals surface area contributed by atoms with Gasteiger partial charge in [0.05, 0.1) is 18.7 Å². The van der Waals surface area contributed by atoms with Gasteiger partial charge in [-0.1, -0.05) is 29.8 Å². The maximum absolute atomic E-state index is 12.8. The minimum Gasteiger partial charge on any atom is -0.457 e. The number of ether oxygens (including phenoxy) is 1. The van der Waals surface area contributed by atoms with Crippen LogP contribution in [0.2, 0.25) is 5.02 Å². The molecule has 2 aromatic carbocycles. The maximum atomic E-state index is 12.8. The molecule has 6 nitrogen and oxygen atoms in total. The maximum Gasteiger partial charge on any atom is 0.156 e. The number of piperidine rings is 1. The van der Waals surface area contributed by atoms with E-state index in [0.29, 0.717) is 35.4 Å². The van der Waals surface area contributed by atoms with Gasteiger partial charge < -0.3 is 10.1 Å². The van der Waals surface area contributed by atoms with Gasteiger partial charge in [-0.15, -0.1) is 0 Å². The molecule has 2 aliphatic heterocycles. The SMILES string of the molecule is O=C1CNCC2=Nc3[nH]ncc3C(c3ccccc3Oc3ccc(Cl)cc3)C12. The summed E-state index contributed by atoms with van der Waals surface area (Å²) in [7, 11) is 0. The Labute approximate surface area is 166 Å². The number of aliphatic imine (C=N–C) groups is 1. The van der Waals surface area contributed by atoms with Gasteiger partial charge in [0.15, 0.2) is 11.6 Å². The van der Waals surface area contributed by atoms with E-state index in [0.717, 1.165) is 16.8 Å². The Bertz CT molecular complexity index is 1070. The summed E-state index contributed by atoms with van der Waals surface area (Å²) in [5, 5.41) is 10.9. The predicted octanol–water partition coefficient (Wildman–Crippen LogP) is 3.86. The third kappa shape index (κ3) is 2.91. The largest absolute Gasteiger partial charge is 0.457 e. The van der Waals surface area contributed by atoms with Crippen molar-refractivity contribution in [3.63, 3.8) is 0 Å². The zero-order chi connectivity index (χ0) is 19.1. The minimum absolute atomic E-state index is 0.128. The van der Waals surface area contributed by atoms with Gasteiger partial charge in [0.25, 0.3) is 0 Å². The van der Waals surface area contributed by atoms with Crippen LogP contribution in [-0.4, -0.2) is 34.8 Å². The van der Waals surface area contributed by atoms with Gasteiger partial charge in [0.2, 0.25) is 0 Å². The second kappa shape index (κ2) is 6.89. The van der Waals surface area contributed by atoms with Crippen molar-refractivity contribution in [2.24, 2.45) is 10.9 Å². The number of nitrogens with one attached hydrogen (secondary N) is 2. The van der Waals surface area contributed by atoms with Crippen molar-refractivity contribution in [3.8, 4) is 11.5 Å². The van der Waals surface area contributed by atoms with E-state index in [1.165, 1.54) is 0 Å². The van der Waals surface area contributed by atoms with Gasteiger partial charge in [-0.25, -0.2) is 4.99 Å². The number of H-pyrrole nitrogens is 1. The summed E-state index contributed by atoms with van der Waals surface area (Å²) in [6, 6.07) is 15.0. The van der Waals surface area contributed by atoms with Gasteiger partial charge in [-0.05, 0) is 30.3 Å². The Balaban J connectivity index is 1.61. The van der Waals surface area contributed by atoms with Crippen molar-refractivity contribution in [2.75, 3.05) is 13.1 Å². The van der Waals surface area contributed by atoms with Crippen LogP contribution < -0.4 is 10.1 Å². The molecule has 2 N–H and O–H groups in total. The average Bonchev–Trinajstić information content (AvgIpc) is 3.17. The molecule has 0 aliphatic carbocycles. The number of Topliss-reactive ketones (excluding diaryl/α,β-unsaturated/α-hetero) is 1. The van der Waals surface area contributed by atoms with E-state index in [2.05, 4.69) is 20.5 Å². The van der Waals surface area contributed by atoms with Gasteiger partial charge >= 0.3 is 0 Å². The third-order valence-electron chi connectivity index (χ3n) is 5.18. The molecule has 5 rings (SSSR count). The van der Waals surface area contributed by atoms with Crippen LogP contribution in [0.3, 0.4) is 0 Å². The second-order valence-electron chi connectivity index (χ2n) is 6.90. The fourth-order valence-corrected chi connectivity index (χ4v) is 4.07. The lowest BCUT2D eigenvalue weighted by Crippen LogP contribution is -2.48. The molecule has 0 spiro atoms. The number of aromatic nitrogens is 2. The highest BCUT2D eigenvalue weighted by Gasteiger charge is 2.42. The first-order valence-corrected chi connectivity index (χ1v) is 9.45. The lowest BCUT2D eigenvalue weighted by Gasteiger charge is -2.34. The molecule has 0 radical (unpaired) electrons. The Morgan fingerprint density at radius 2 is 1.82 bits per heavy atom. The smallest absolute Gasteiger partial charge is 0.156 e. The monoisotopic (exact) mass is 392 g/mol. The fourth-order valence-electron chi connectivity index (χ4n) is 3.94. The highest BCUT2D eigenvalue weighted by atomic mass is 35.5. The number of benzene rings is 2. The quantitative estimate of drug-likeness (QED) is 0.709. The zero-order valence-corrected chi connectivity index (χ0v) is 15.6. The van der Waals surface area contributed by atoms with Crippen LogP contribution >= 0.6 is 11.6 Å². The molecular formula is C21H17ClN4O2. The number of carbonyl (C=O) groups is 1. The Morgan fingerprint density at radius 1 is 1.00 bits per heavy atom. The lowest BCUT2D eigenvalue weighted by atomic mass is 9.73. The Kier molecular flexibility index (Phi) is 4.22. The number of hydrogen-bond acceptors (Lipinski definition) is 5. The van der Waals surface area contributed by atoms with E-state index in [1.54, 1.807) is 18.3 Å². The molecule has 3 aromatic rings. The molecule has 0 bridgehead atoms. The molecule has 2 unspecified atom stereocenters. The van der Waals surface area contributed by atoms with Crippen molar-refractivity contribution in [3.05, 3.63) is 70.9 Å². The number of para-hydroxylation sites is 1. The molecule has 140 valence electrons. The predicted molar refractivity (Wildman–Crippen MR) is 107 cm³/mol. The van der Waals surface area contributed by atoms with Crippen LogP contribution in [0, 0.1) is 5.92 Å². The number of aromatic amines is 1. The standard InChI is InChI=1S/C21H17ClN4O2/c22-12-5-7-13(8-6-12)28-18-4-2-1-3-14(18)19-15-9-24-26-21(15)25-16-10-23-11-17(27)20(16)19/h1-9,19-20,23H,10-11H2,(H,24,26). The van der Waals surface area contributed by atoms with E-state index >= 15 is 0 Å². The number of halogens is 1. The van der Waals surface area contributed by atoms with E-state index in [9.17, 15) is 4.79 Å². The molecule has 1 fully saturated rings. The molecule has 2 atom stereocenters. The summed E-state index contributed by atoms with van der Waals surface area (Å²) in [6.07, 6.45) is 1.76. The van der Waals surface area contributed by atoms with Gasteiger partial charge in [0, 0.05) is 34.3 Å². The van der Waals surface area contributed by atoms with E-state index in [-0.39, 0.29) is 17.6 Å². The molecule has 1 aromatic heterocycles. The number of ketones is 1. The first-order valence-electron chi connectivity index (χ1n) is 9.07. The third-order valence-corrected chi connectivity index (χ3v) is 5.43. The van der Waals surface area contributed by atoms with Crippen LogP contribution in [0.1, 0.15) is 17.0 Å². The average molecular weight is 393 g/mol. The molecule has 3 heterocycles. The molecule has 28 heavy (non-hydrogen) atoms. The first-order chi connectivity index (χ1) is 13.7. The highest BCUT2D eigenvalue weighted by Crippen LogP contribution is 2.45. The fraction of sp³-hybridized carbons (Fsp3) is 0.190. The number of carbonyl (C=O) groups excluding carboxylic acids is 1. The number of rotatable bonds is 3. The van der Waals surface area contributed by atoms with Crippen LogP contribution in [-0.2, 0) is 4.79 Å². The van der Waals surface area contributed by atoms with Crippen molar-refractivity contribution in [1.29, 1.82) is 0 Å². The summed E-state index contributed by atoms with van der Waals surface area (Å²) >= 11 is 5.98. The van der Waals surface area contributed by atoms with E-state index in [4.69, 9.17) is 16.3 Å². The molecule has 0 saturated carbocycles. The lowest BCUT2D eigenvalue weighted by molar-refractivity contribution is -0.120. The van der Waals surface area contributed by atoms with Gasteiger partial charge in [-0.2, -0.15) is 5.10 Å². The topological polar surface area (TPSA) is 79.4 Å². The number of fused-ring (bicyclic) bond motifs is 2. The van der Waals surface area contributed by atoms with Gasteiger partial charge in [-0.3, -0.25) is 9.89 Å².